The van der Waals surface area contributed by atoms with Gasteiger partial charge in [0.15, 0.2) is 0 Å². The van der Waals surface area contributed by atoms with E-state index in [9.17, 15) is 14.7 Å². The fourth-order valence-electron chi connectivity index (χ4n) is 3.25. The van der Waals surface area contributed by atoms with Gasteiger partial charge in [-0.05, 0) is 42.9 Å². The van der Waals surface area contributed by atoms with Crippen LogP contribution in [0.15, 0.2) is 24.3 Å². The van der Waals surface area contributed by atoms with Gasteiger partial charge in [0.1, 0.15) is 5.78 Å². The van der Waals surface area contributed by atoms with Crippen LogP contribution in [0.4, 0.5) is 0 Å². The number of benzene rings is 1. The van der Waals surface area contributed by atoms with Crippen molar-refractivity contribution in [3.8, 4) is 0 Å². The van der Waals surface area contributed by atoms with Gasteiger partial charge >= 0.3 is 0 Å². The Morgan fingerprint density at radius 2 is 1.76 bits per heavy atom. The molecule has 1 atom stereocenters. The van der Waals surface area contributed by atoms with Crippen LogP contribution in [0.3, 0.4) is 0 Å². The Hall–Kier alpha value is -1.68. The van der Waals surface area contributed by atoms with Crippen LogP contribution in [0, 0.1) is 0 Å². The number of Topliss-reactive ketones (excluding diaryl/α,β-unsaturated/α-hetero) is 1. The summed E-state index contributed by atoms with van der Waals surface area (Å²) in [6, 6.07) is 7.70. The zero-order chi connectivity index (χ0) is 14.8. The molecule has 2 aliphatic rings. The second-order valence-corrected chi connectivity index (χ2v) is 6.12. The van der Waals surface area contributed by atoms with Gasteiger partial charge in [0.2, 0.25) is 0 Å². The fraction of sp³-hybridized carbons (Fsp3) is 0.529. The van der Waals surface area contributed by atoms with E-state index >= 15 is 0 Å². The number of carbonyl (C=O) groups excluding carboxylic acids is 2. The monoisotopic (exact) mass is 287 g/mol. The molecular formula is C17H21NO3. The van der Waals surface area contributed by atoms with E-state index in [1.165, 1.54) is 0 Å². The molecule has 1 N–H and O–H groups in total. The predicted octanol–water partition coefficient (Wildman–Crippen LogP) is 2.12. The Labute approximate surface area is 124 Å². The normalized spacial score (nSPS) is 23.6. The highest BCUT2D eigenvalue weighted by Crippen LogP contribution is 2.32. The van der Waals surface area contributed by atoms with E-state index in [2.05, 4.69) is 0 Å². The van der Waals surface area contributed by atoms with Crippen LogP contribution >= 0.6 is 0 Å². The number of rotatable bonds is 2. The number of aliphatic hydroxyl groups excluding tert-OH is 1. The second-order valence-electron chi connectivity index (χ2n) is 6.12. The van der Waals surface area contributed by atoms with Gasteiger partial charge in [-0.15, -0.1) is 0 Å². The molecule has 4 heteroatoms. The molecule has 4 nitrogen and oxygen atoms in total. The molecule has 0 unspecified atom stereocenters. The van der Waals surface area contributed by atoms with Crippen molar-refractivity contribution < 1.29 is 14.7 Å². The lowest BCUT2D eigenvalue weighted by molar-refractivity contribution is -0.117. The Balaban J connectivity index is 1.66. The molecule has 0 radical (unpaired) electrons. The number of carbonyl (C=O) groups is 2. The first-order chi connectivity index (χ1) is 10.1. The Kier molecular flexibility index (Phi) is 4.06. The van der Waals surface area contributed by atoms with Crippen molar-refractivity contribution in [3.05, 3.63) is 35.4 Å². The minimum atomic E-state index is -0.267. The highest BCUT2D eigenvalue weighted by atomic mass is 16.3. The van der Waals surface area contributed by atoms with Crippen molar-refractivity contribution in [3.63, 3.8) is 0 Å². The molecular weight excluding hydrogens is 266 g/mol. The van der Waals surface area contributed by atoms with Gasteiger partial charge in [-0.25, -0.2) is 0 Å². The van der Waals surface area contributed by atoms with Gasteiger partial charge in [-0.3, -0.25) is 9.59 Å². The van der Waals surface area contributed by atoms with Crippen molar-refractivity contribution in [2.24, 2.45) is 0 Å². The smallest absolute Gasteiger partial charge is 0.253 e. The van der Waals surface area contributed by atoms with Gasteiger partial charge < -0.3 is 10.0 Å². The van der Waals surface area contributed by atoms with E-state index in [0.717, 1.165) is 12.0 Å². The summed E-state index contributed by atoms with van der Waals surface area (Å²) in [7, 11) is 0. The third-order valence-corrected chi connectivity index (χ3v) is 4.63. The first-order valence-electron chi connectivity index (χ1n) is 7.72. The van der Waals surface area contributed by atoms with E-state index in [1.54, 1.807) is 4.90 Å². The Morgan fingerprint density at radius 3 is 2.33 bits per heavy atom. The van der Waals surface area contributed by atoms with Crippen molar-refractivity contribution in [1.82, 2.24) is 4.90 Å². The quantitative estimate of drug-likeness (QED) is 0.906. The maximum absolute atomic E-state index is 12.4. The summed E-state index contributed by atoms with van der Waals surface area (Å²) in [6.45, 7) is 1.25. The van der Waals surface area contributed by atoms with Gasteiger partial charge in [-0.2, -0.15) is 0 Å². The Morgan fingerprint density at radius 1 is 1.10 bits per heavy atom. The van der Waals surface area contributed by atoms with Gasteiger partial charge in [0.25, 0.3) is 5.91 Å². The van der Waals surface area contributed by atoms with Crippen LogP contribution in [0.5, 0.6) is 0 Å². The molecule has 3 rings (SSSR count). The minimum Gasteiger partial charge on any atom is -0.393 e. The molecule has 2 fully saturated rings. The van der Waals surface area contributed by atoms with Crippen LogP contribution < -0.4 is 0 Å². The zero-order valence-electron chi connectivity index (χ0n) is 12.1. The van der Waals surface area contributed by atoms with E-state index in [0.29, 0.717) is 56.0 Å². The minimum absolute atomic E-state index is 0.0379. The summed E-state index contributed by atoms with van der Waals surface area (Å²) in [4.78, 5) is 25.5. The topological polar surface area (TPSA) is 57.6 Å². The third-order valence-electron chi connectivity index (χ3n) is 4.63. The van der Waals surface area contributed by atoms with Gasteiger partial charge in [0.05, 0.1) is 6.10 Å². The molecule has 1 aromatic rings. The number of hydrogen-bond donors (Lipinski definition) is 1. The molecule has 21 heavy (non-hydrogen) atoms. The SMILES string of the molecule is O=C1CC[C@H](c2ccc(C(=O)N3CCC(O)CC3)cc2)C1. The summed E-state index contributed by atoms with van der Waals surface area (Å²) in [5, 5.41) is 9.49. The molecule has 1 aliphatic carbocycles. The molecule has 1 saturated carbocycles. The molecule has 1 heterocycles. The molecule has 0 bridgehead atoms. The van der Waals surface area contributed by atoms with Crippen molar-refractivity contribution >= 4 is 11.7 Å². The molecule has 1 amide bonds. The van der Waals surface area contributed by atoms with Crippen LogP contribution in [-0.4, -0.2) is 40.9 Å². The number of aliphatic hydroxyl groups is 1. The fourth-order valence-corrected chi connectivity index (χ4v) is 3.25. The average molecular weight is 287 g/mol. The lowest BCUT2D eigenvalue weighted by atomic mass is 9.96. The van der Waals surface area contributed by atoms with E-state index in [4.69, 9.17) is 0 Å². The van der Waals surface area contributed by atoms with Crippen LogP contribution in [0.25, 0.3) is 0 Å². The van der Waals surface area contributed by atoms with E-state index < -0.39 is 0 Å². The highest BCUT2D eigenvalue weighted by Gasteiger charge is 2.25. The van der Waals surface area contributed by atoms with Gasteiger partial charge in [0, 0.05) is 31.5 Å². The molecule has 0 aromatic heterocycles. The first-order valence-corrected chi connectivity index (χ1v) is 7.72. The maximum Gasteiger partial charge on any atom is 0.253 e. The second kappa shape index (κ2) is 5.98. The van der Waals surface area contributed by atoms with Crippen LogP contribution in [-0.2, 0) is 4.79 Å². The molecule has 1 aliphatic heterocycles. The number of amides is 1. The number of ketones is 1. The summed E-state index contributed by atoms with van der Waals surface area (Å²) in [5.41, 5.74) is 1.85. The van der Waals surface area contributed by atoms with E-state index in [1.807, 2.05) is 24.3 Å². The number of hydrogen-bond acceptors (Lipinski definition) is 3. The molecule has 1 saturated heterocycles. The molecule has 1 aromatic carbocycles. The highest BCUT2D eigenvalue weighted by molar-refractivity contribution is 5.94. The zero-order valence-corrected chi connectivity index (χ0v) is 12.1. The number of nitrogens with zero attached hydrogens (tertiary/aromatic N) is 1. The Bertz CT molecular complexity index is 529. The summed E-state index contributed by atoms with van der Waals surface area (Å²) in [5.74, 6) is 0.703. The third kappa shape index (κ3) is 3.16. The maximum atomic E-state index is 12.4. The number of piperidine rings is 1. The standard InChI is InChI=1S/C17H21NO3/c19-15-7-9-18(10-8-15)17(21)13-3-1-12(2-4-13)14-5-6-16(20)11-14/h1-4,14-15,19H,5-11H2/t14-/m0/s1. The van der Waals surface area contributed by atoms with Crippen molar-refractivity contribution in [2.75, 3.05) is 13.1 Å². The lowest BCUT2D eigenvalue weighted by Gasteiger charge is -2.29. The first kappa shape index (κ1) is 14.3. The summed E-state index contributed by atoms with van der Waals surface area (Å²) >= 11 is 0. The van der Waals surface area contributed by atoms with Gasteiger partial charge in [-0.1, -0.05) is 12.1 Å². The lowest BCUT2D eigenvalue weighted by Crippen LogP contribution is -2.40. The number of likely N-dealkylation sites (tertiary alicyclic amines) is 1. The predicted molar refractivity (Wildman–Crippen MR) is 79.2 cm³/mol. The molecule has 112 valence electrons. The molecule has 0 spiro atoms. The summed E-state index contributed by atoms with van der Waals surface area (Å²) in [6.07, 6.45) is 3.30. The van der Waals surface area contributed by atoms with Crippen molar-refractivity contribution in [2.45, 2.75) is 44.1 Å². The van der Waals surface area contributed by atoms with Crippen molar-refractivity contribution in [1.29, 1.82) is 0 Å². The largest absolute Gasteiger partial charge is 0.393 e. The van der Waals surface area contributed by atoms with Crippen LogP contribution in [0.2, 0.25) is 0 Å². The summed E-state index contributed by atoms with van der Waals surface area (Å²) < 4.78 is 0. The average Bonchev–Trinajstić information content (AvgIpc) is 2.94. The van der Waals surface area contributed by atoms with Crippen LogP contribution in [0.1, 0.15) is 53.9 Å². The van der Waals surface area contributed by atoms with E-state index in [-0.39, 0.29) is 12.0 Å².